The molecule has 1 aliphatic rings. The van der Waals surface area contributed by atoms with Crippen LogP contribution in [0.15, 0.2) is 54.7 Å². The van der Waals surface area contributed by atoms with E-state index in [1.807, 2.05) is 0 Å². The fourth-order valence-corrected chi connectivity index (χ4v) is 4.10. The van der Waals surface area contributed by atoms with Gasteiger partial charge in [0, 0.05) is 30.4 Å². The molecule has 188 valence electrons. The van der Waals surface area contributed by atoms with E-state index in [1.54, 1.807) is 6.20 Å². The van der Waals surface area contributed by atoms with Crippen molar-refractivity contribution in [3.05, 3.63) is 89.1 Å². The molecule has 0 radical (unpaired) electrons. The normalized spacial score (nSPS) is 13.1. The lowest BCUT2D eigenvalue weighted by Gasteiger charge is -2.16. The third-order valence-electron chi connectivity index (χ3n) is 5.97. The van der Waals surface area contributed by atoms with Crippen LogP contribution in [-0.2, 0) is 0 Å². The number of carbonyl (C=O) groups is 2. The molecule has 3 aromatic carbocycles. The van der Waals surface area contributed by atoms with Crippen molar-refractivity contribution in [1.29, 1.82) is 0 Å². The molecule has 5 rings (SSSR count). The average molecular weight is 509 g/mol. The molecule has 0 bridgehead atoms. The number of fused-ring (bicyclic) bond motifs is 1. The molecule has 2 heterocycles. The van der Waals surface area contributed by atoms with Crippen LogP contribution in [0, 0.1) is 23.3 Å². The van der Waals surface area contributed by atoms with Gasteiger partial charge in [0.2, 0.25) is 0 Å². The fraction of sp³-hybridized carbons (Fsp3) is 0.154. The smallest absolute Gasteiger partial charge is 0.323 e. The van der Waals surface area contributed by atoms with E-state index in [1.165, 1.54) is 18.2 Å². The first-order valence-corrected chi connectivity index (χ1v) is 11.4. The van der Waals surface area contributed by atoms with Gasteiger partial charge in [-0.15, -0.1) is 0 Å². The summed E-state index contributed by atoms with van der Waals surface area (Å²) in [5.41, 5.74) is -0.543. The van der Waals surface area contributed by atoms with Crippen molar-refractivity contribution >= 4 is 40.0 Å². The van der Waals surface area contributed by atoms with Crippen molar-refractivity contribution < 1.29 is 27.2 Å². The zero-order valence-electron chi connectivity index (χ0n) is 19.2. The Kier molecular flexibility index (Phi) is 6.43. The summed E-state index contributed by atoms with van der Waals surface area (Å²) in [5.74, 6) is -4.99. The predicted molar refractivity (Wildman–Crippen MR) is 130 cm³/mol. The maximum Gasteiger partial charge on any atom is 0.323 e. The second kappa shape index (κ2) is 9.84. The summed E-state index contributed by atoms with van der Waals surface area (Å²) in [5, 5.41) is 4.35. The number of ketones is 1. The highest BCUT2D eigenvalue weighted by atomic mass is 19.2. The summed E-state index contributed by atoms with van der Waals surface area (Å²) in [7, 11) is 0. The molecule has 4 aromatic rings. The summed E-state index contributed by atoms with van der Waals surface area (Å²) in [6.07, 6.45) is 3.73. The van der Waals surface area contributed by atoms with E-state index in [2.05, 4.69) is 25.5 Å². The molecule has 1 fully saturated rings. The minimum absolute atomic E-state index is 0.0124. The van der Waals surface area contributed by atoms with E-state index in [4.69, 9.17) is 0 Å². The lowest BCUT2D eigenvalue weighted by molar-refractivity contribution is 0.103. The number of nitrogens with one attached hydrogen (secondary N) is 2. The van der Waals surface area contributed by atoms with Crippen LogP contribution in [-0.4, -0.2) is 34.9 Å². The molecular weight excluding hydrogens is 490 g/mol. The summed E-state index contributed by atoms with van der Waals surface area (Å²) < 4.78 is 56.3. The van der Waals surface area contributed by atoms with Gasteiger partial charge in [-0.05, 0) is 55.3 Å². The van der Waals surface area contributed by atoms with E-state index in [0.717, 1.165) is 56.3 Å². The van der Waals surface area contributed by atoms with Crippen molar-refractivity contribution in [3.8, 4) is 0 Å². The van der Waals surface area contributed by atoms with E-state index in [9.17, 15) is 22.8 Å². The van der Waals surface area contributed by atoms with Gasteiger partial charge in [0.15, 0.2) is 23.2 Å². The van der Waals surface area contributed by atoms with Crippen LogP contribution in [0.3, 0.4) is 0 Å². The van der Waals surface area contributed by atoms with Gasteiger partial charge in [-0.25, -0.2) is 27.3 Å². The first kappa shape index (κ1) is 24.2. The van der Waals surface area contributed by atoms with Crippen molar-refractivity contribution in [2.45, 2.75) is 12.8 Å². The van der Waals surface area contributed by atoms with Crippen molar-refractivity contribution in [3.63, 3.8) is 0 Å². The number of anilines is 3. The third kappa shape index (κ3) is 4.92. The van der Waals surface area contributed by atoms with Crippen LogP contribution in [0.1, 0.15) is 28.8 Å². The summed E-state index contributed by atoms with van der Waals surface area (Å²) in [4.78, 5) is 36.4. The van der Waals surface area contributed by atoms with Crippen LogP contribution in [0.4, 0.5) is 39.5 Å². The average Bonchev–Trinajstić information content (AvgIpc) is 3.42. The first-order valence-electron chi connectivity index (χ1n) is 11.4. The van der Waals surface area contributed by atoms with Crippen LogP contribution in [0.5, 0.6) is 0 Å². The number of amides is 2. The molecule has 2 amide bonds. The number of rotatable bonds is 5. The Morgan fingerprint density at radius 2 is 1.57 bits per heavy atom. The second-order valence-corrected chi connectivity index (χ2v) is 8.45. The Bertz CT molecular complexity index is 1540. The number of urea groups is 1. The molecule has 7 nitrogen and oxygen atoms in total. The number of nitrogens with zero attached hydrogens (tertiary/aromatic N) is 3. The molecular formula is C26H19F4N5O2. The van der Waals surface area contributed by atoms with E-state index >= 15 is 4.39 Å². The molecule has 11 heteroatoms. The van der Waals surface area contributed by atoms with Crippen LogP contribution in [0.2, 0.25) is 0 Å². The number of carbonyl (C=O) groups excluding carboxylic acids is 2. The molecule has 2 N–H and O–H groups in total. The van der Waals surface area contributed by atoms with Gasteiger partial charge in [0.05, 0.1) is 28.5 Å². The highest BCUT2D eigenvalue weighted by Crippen LogP contribution is 2.26. The van der Waals surface area contributed by atoms with Crippen LogP contribution < -0.4 is 15.5 Å². The molecule has 37 heavy (non-hydrogen) atoms. The van der Waals surface area contributed by atoms with Gasteiger partial charge in [0.25, 0.3) is 0 Å². The van der Waals surface area contributed by atoms with Crippen LogP contribution in [0.25, 0.3) is 11.0 Å². The number of halogens is 4. The van der Waals surface area contributed by atoms with Gasteiger partial charge in [-0.3, -0.25) is 9.78 Å². The van der Waals surface area contributed by atoms with Gasteiger partial charge in [-0.1, -0.05) is 0 Å². The summed E-state index contributed by atoms with van der Waals surface area (Å²) in [6, 6.07) is 7.77. The maximum atomic E-state index is 15.2. The van der Waals surface area contributed by atoms with Crippen LogP contribution >= 0.6 is 0 Å². The Labute approximate surface area is 208 Å². The second-order valence-electron chi connectivity index (χ2n) is 8.45. The van der Waals surface area contributed by atoms with Gasteiger partial charge >= 0.3 is 6.03 Å². The Hall–Kier alpha value is -4.54. The predicted octanol–water partition coefficient (Wildman–Crippen LogP) is 5.66. The first-order chi connectivity index (χ1) is 17.8. The molecule has 1 saturated heterocycles. The monoisotopic (exact) mass is 509 g/mol. The molecule has 0 aliphatic carbocycles. The summed E-state index contributed by atoms with van der Waals surface area (Å²) in [6.45, 7) is 1.69. The molecule has 0 atom stereocenters. The molecule has 0 spiro atoms. The number of aromatic nitrogens is 2. The maximum absolute atomic E-state index is 15.2. The van der Waals surface area contributed by atoms with E-state index in [-0.39, 0.29) is 11.3 Å². The minimum atomic E-state index is -1.29. The zero-order chi connectivity index (χ0) is 26.1. The number of hydrogen-bond donors (Lipinski definition) is 2. The number of hydrogen-bond acceptors (Lipinski definition) is 5. The Balaban J connectivity index is 1.40. The quantitative estimate of drug-likeness (QED) is 0.268. The fourth-order valence-electron chi connectivity index (χ4n) is 4.10. The highest BCUT2D eigenvalue weighted by molar-refractivity contribution is 6.11. The minimum Gasteiger partial charge on any atom is -0.355 e. The zero-order valence-corrected chi connectivity index (χ0v) is 19.2. The van der Waals surface area contributed by atoms with E-state index in [0.29, 0.717) is 16.9 Å². The molecule has 0 unspecified atom stereocenters. The van der Waals surface area contributed by atoms with Crippen molar-refractivity contribution in [1.82, 2.24) is 9.97 Å². The standard InChI is InChI=1S/C26H19F4N5O2/c27-16-5-4-15(12-18(16)29)32-26(37)34-20-8-6-17(28)23(24(20)30)25(36)14-3-7-19-21(11-14)33-22(13-31-19)35-9-1-2-10-35/h3-8,11-13H,1-2,9-10H2,(H2,32,34,37). The summed E-state index contributed by atoms with van der Waals surface area (Å²) >= 11 is 0. The van der Waals surface area contributed by atoms with E-state index < -0.39 is 46.3 Å². The molecule has 1 aromatic heterocycles. The van der Waals surface area contributed by atoms with Gasteiger partial charge in [0.1, 0.15) is 11.6 Å². The third-order valence-corrected chi connectivity index (χ3v) is 5.97. The Morgan fingerprint density at radius 1 is 0.811 bits per heavy atom. The SMILES string of the molecule is O=C(Nc1ccc(F)c(F)c1)Nc1ccc(F)c(C(=O)c2ccc3ncc(N4CCCC4)nc3c2)c1F. The van der Waals surface area contributed by atoms with Gasteiger partial charge < -0.3 is 15.5 Å². The Morgan fingerprint density at radius 3 is 2.32 bits per heavy atom. The lowest BCUT2D eigenvalue weighted by atomic mass is 10.0. The van der Waals surface area contributed by atoms with Crippen molar-refractivity contribution in [2.24, 2.45) is 0 Å². The lowest BCUT2D eigenvalue weighted by Crippen LogP contribution is -2.21. The highest BCUT2D eigenvalue weighted by Gasteiger charge is 2.24. The number of benzene rings is 3. The van der Waals surface area contributed by atoms with Crippen molar-refractivity contribution in [2.75, 3.05) is 28.6 Å². The molecule has 0 saturated carbocycles. The topological polar surface area (TPSA) is 87.2 Å². The van der Waals surface area contributed by atoms with Gasteiger partial charge in [-0.2, -0.15) is 0 Å². The molecule has 1 aliphatic heterocycles. The largest absolute Gasteiger partial charge is 0.355 e.